The molecule has 0 atom stereocenters. The van der Waals surface area contributed by atoms with E-state index in [0.717, 1.165) is 15.4 Å². The lowest BCUT2D eigenvalue weighted by molar-refractivity contribution is 1.36. The van der Waals surface area contributed by atoms with E-state index in [9.17, 15) is 0 Å². The largest absolute Gasteiger partial charge is 0.244 e. The topological polar surface area (TPSA) is 12.9 Å². The molecule has 2 aromatic rings. The third kappa shape index (κ3) is 1.90. The lowest BCUT2D eigenvalue weighted by Crippen LogP contribution is -1.71. The van der Waals surface area contributed by atoms with Gasteiger partial charge in [-0.3, -0.25) is 0 Å². The van der Waals surface area contributed by atoms with Crippen molar-refractivity contribution >= 4 is 22.9 Å². The van der Waals surface area contributed by atoms with Crippen LogP contribution in [0.5, 0.6) is 0 Å². The summed E-state index contributed by atoms with van der Waals surface area (Å²) in [4.78, 5) is 5.38. The minimum atomic E-state index is 0.538. The molecule has 0 bridgehead atoms. The smallest absolute Gasteiger partial charge is 0.123 e. The lowest BCUT2D eigenvalue weighted by atomic mass is 10.2. The summed E-state index contributed by atoms with van der Waals surface area (Å²) >= 11 is 7.32. The molecule has 0 spiro atoms. The molecule has 65 valence electrons. The zero-order valence-electron chi connectivity index (χ0n) is 6.83. The summed E-state index contributed by atoms with van der Waals surface area (Å²) in [5.41, 5.74) is 1.13. The molecule has 3 heteroatoms. The second-order valence-electron chi connectivity index (χ2n) is 2.55. The van der Waals surface area contributed by atoms with Crippen molar-refractivity contribution in [2.75, 3.05) is 0 Å². The van der Waals surface area contributed by atoms with Crippen LogP contribution in [-0.2, 0) is 5.88 Å². The molecule has 0 saturated heterocycles. The first-order valence-electron chi connectivity index (χ1n) is 3.87. The first-order valence-corrected chi connectivity index (χ1v) is 5.22. The average molecular weight is 209 g/mol. The third-order valence-corrected chi connectivity index (χ3v) is 3.14. The van der Waals surface area contributed by atoms with Crippen LogP contribution in [0.25, 0.3) is 10.6 Å². The SMILES string of the molecule is ClCc1cnc(-c2cc[c]cc2)s1. The Hall–Kier alpha value is -0.860. The highest BCUT2D eigenvalue weighted by Crippen LogP contribution is 2.25. The molecule has 1 radical (unpaired) electrons. The van der Waals surface area contributed by atoms with Crippen molar-refractivity contribution in [1.82, 2.24) is 4.98 Å². The van der Waals surface area contributed by atoms with E-state index >= 15 is 0 Å². The van der Waals surface area contributed by atoms with Gasteiger partial charge >= 0.3 is 0 Å². The van der Waals surface area contributed by atoms with Crippen LogP contribution in [0.3, 0.4) is 0 Å². The Balaban J connectivity index is 2.36. The van der Waals surface area contributed by atoms with Gasteiger partial charge in [-0.05, 0) is 6.07 Å². The maximum absolute atomic E-state index is 5.69. The maximum atomic E-state index is 5.69. The van der Waals surface area contributed by atoms with Gasteiger partial charge in [0.1, 0.15) is 5.01 Å². The molecule has 1 nitrogen and oxygen atoms in total. The zero-order chi connectivity index (χ0) is 9.10. The average Bonchev–Trinajstić information content (AvgIpc) is 2.67. The van der Waals surface area contributed by atoms with Gasteiger partial charge in [0.2, 0.25) is 0 Å². The van der Waals surface area contributed by atoms with Crippen molar-refractivity contribution in [3.05, 3.63) is 41.4 Å². The molecule has 0 aliphatic carbocycles. The molecule has 0 amide bonds. The second-order valence-corrected chi connectivity index (χ2v) is 3.94. The Morgan fingerprint density at radius 2 is 2.15 bits per heavy atom. The molecule has 0 aliphatic rings. The fourth-order valence-corrected chi connectivity index (χ4v) is 2.03. The molecule has 13 heavy (non-hydrogen) atoms. The minimum absolute atomic E-state index is 0.538. The Morgan fingerprint density at radius 1 is 1.38 bits per heavy atom. The van der Waals surface area contributed by atoms with Gasteiger partial charge in [-0.1, -0.05) is 24.3 Å². The van der Waals surface area contributed by atoms with Gasteiger partial charge in [0.25, 0.3) is 0 Å². The summed E-state index contributed by atoms with van der Waals surface area (Å²) in [6, 6.07) is 10.7. The number of thiazole rings is 1. The van der Waals surface area contributed by atoms with Gasteiger partial charge in [-0.2, -0.15) is 0 Å². The third-order valence-electron chi connectivity index (χ3n) is 1.65. The summed E-state index contributed by atoms with van der Waals surface area (Å²) in [6.45, 7) is 0. The summed E-state index contributed by atoms with van der Waals surface area (Å²) in [5.74, 6) is 0.538. The Bertz CT molecular complexity index is 383. The molecule has 0 N–H and O–H groups in total. The number of alkyl halides is 1. The van der Waals surface area contributed by atoms with Gasteiger partial charge in [0.15, 0.2) is 0 Å². The minimum Gasteiger partial charge on any atom is -0.244 e. The number of hydrogen-bond acceptors (Lipinski definition) is 2. The number of rotatable bonds is 2. The molecule has 0 saturated carbocycles. The van der Waals surface area contributed by atoms with E-state index in [0.29, 0.717) is 5.88 Å². The van der Waals surface area contributed by atoms with Crippen LogP contribution < -0.4 is 0 Å². The van der Waals surface area contributed by atoms with Crippen molar-refractivity contribution in [3.8, 4) is 10.6 Å². The Kier molecular flexibility index (Phi) is 2.62. The number of halogens is 1. The zero-order valence-corrected chi connectivity index (χ0v) is 8.40. The van der Waals surface area contributed by atoms with Gasteiger partial charge in [0.05, 0.1) is 5.88 Å². The number of hydrogen-bond donors (Lipinski definition) is 0. The molecule has 1 aromatic heterocycles. The van der Waals surface area contributed by atoms with E-state index in [-0.39, 0.29) is 0 Å². The highest BCUT2D eigenvalue weighted by Gasteiger charge is 2.02. The maximum Gasteiger partial charge on any atom is 0.123 e. The standard InChI is InChI=1S/C10H7ClNS/c11-6-9-7-12-10(13-9)8-4-2-1-3-5-8/h2-5,7H,6H2. The number of nitrogens with zero attached hydrogens (tertiary/aromatic N) is 1. The second kappa shape index (κ2) is 3.90. The molecule has 1 aromatic carbocycles. The lowest BCUT2D eigenvalue weighted by Gasteiger charge is -1.92. The van der Waals surface area contributed by atoms with Crippen LogP contribution in [0.4, 0.5) is 0 Å². The molecular formula is C10H7ClNS. The van der Waals surface area contributed by atoms with Crippen LogP contribution in [-0.4, -0.2) is 4.98 Å². The molecule has 0 fully saturated rings. The fourth-order valence-electron chi connectivity index (χ4n) is 1.03. The van der Waals surface area contributed by atoms with E-state index in [1.54, 1.807) is 11.3 Å². The fraction of sp³-hybridized carbons (Fsp3) is 0.100. The van der Waals surface area contributed by atoms with Gasteiger partial charge in [-0.15, -0.1) is 22.9 Å². The summed E-state index contributed by atoms with van der Waals surface area (Å²) in [5, 5.41) is 1.02. The number of benzene rings is 1. The van der Waals surface area contributed by atoms with Gasteiger partial charge < -0.3 is 0 Å². The normalized spacial score (nSPS) is 10.2. The highest BCUT2D eigenvalue weighted by atomic mass is 35.5. The van der Waals surface area contributed by atoms with E-state index in [1.807, 2.05) is 30.5 Å². The predicted molar refractivity (Wildman–Crippen MR) is 55.9 cm³/mol. The van der Waals surface area contributed by atoms with Crippen LogP contribution in [0.1, 0.15) is 4.88 Å². The van der Waals surface area contributed by atoms with Crippen LogP contribution >= 0.6 is 22.9 Å². The summed E-state index contributed by atoms with van der Waals surface area (Å²) < 4.78 is 0. The van der Waals surface area contributed by atoms with Crippen LogP contribution in [0.2, 0.25) is 0 Å². The van der Waals surface area contributed by atoms with Crippen molar-refractivity contribution in [2.45, 2.75) is 5.88 Å². The Labute approximate surface area is 86.0 Å². The molecule has 2 rings (SSSR count). The molecule has 0 aliphatic heterocycles. The molecule has 1 heterocycles. The molecular weight excluding hydrogens is 202 g/mol. The quantitative estimate of drug-likeness (QED) is 0.690. The first kappa shape index (κ1) is 8.73. The van der Waals surface area contributed by atoms with Gasteiger partial charge in [0, 0.05) is 16.6 Å². The van der Waals surface area contributed by atoms with Crippen molar-refractivity contribution in [3.63, 3.8) is 0 Å². The summed E-state index contributed by atoms with van der Waals surface area (Å²) in [7, 11) is 0. The van der Waals surface area contributed by atoms with E-state index in [1.165, 1.54) is 0 Å². The predicted octanol–water partition coefficient (Wildman–Crippen LogP) is 3.35. The van der Waals surface area contributed by atoms with Crippen molar-refractivity contribution in [2.24, 2.45) is 0 Å². The van der Waals surface area contributed by atoms with E-state index in [2.05, 4.69) is 11.1 Å². The van der Waals surface area contributed by atoms with Gasteiger partial charge in [-0.25, -0.2) is 4.98 Å². The molecule has 0 unspecified atom stereocenters. The van der Waals surface area contributed by atoms with Crippen LogP contribution in [0, 0.1) is 6.07 Å². The summed E-state index contributed by atoms with van der Waals surface area (Å²) in [6.07, 6.45) is 1.82. The van der Waals surface area contributed by atoms with E-state index in [4.69, 9.17) is 11.6 Å². The highest BCUT2D eigenvalue weighted by molar-refractivity contribution is 7.15. The van der Waals surface area contributed by atoms with E-state index < -0.39 is 0 Å². The van der Waals surface area contributed by atoms with Crippen molar-refractivity contribution in [1.29, 1.82) is 0 Å². The first-order chi connectivity index (χ1) is 6.40. The van der Waals surface area contributed by atoms with Crippen LogP contribution in [0.15, 0.2) is 30.5 Å². The van der Waals surface area contributed by atoms with Crippen molar-refractivity contribution < 1.29 is 0 Å². The number of aromatic nitrogens is 1. The Morgan fingerprint density at radius 3 is 2.77 bits per heavy atom. The monoisotopic (exact) mass is 208 g/mol.